The fourth-order valence-corrected chi connectivity index (χ4v) is 3.71. The SMILES string of the molecule is Cc1cc(NCC2CN(C(C)(C)C)C2)cc(Nc2ncn(-c3cc(F)cc(F)c3)n2)c1. The van der Waals surface area contributed by atoms with Crippen LogP contribution in [-0.2, 0) is 0 Å². The third-order valence-electron chi connectivity index (χ3n) is 5.44. The van der Waals surface area contributed by atoms with Gasteiger partial charge in [-0.3, -0.25) is 4.90 Å². The number of aryl methyl sites for hydroxylation is 1. The van der Waals surface area contributed by atoms with Crippen molar-refractivity contribution in [1.29, 1.82) is 0 Å². The maximum Gasteiger partial charge on any atom is 0.246 e. The number of nitrogens with one attached hydrogen (secondary N) is 2. The lowest BCUT2D eigenvalue weighted by atomic mass is 9.92. The minimum Gasteiger partial charge on any atom is -0.385 e. The van der Waals surface area contributed by atoms with Gasteiger partial charge in [0.25, 0.3) is 0 Å². The summed E-state index contributed by atoms with van der Waals surface area (Å²) >= 11 is 0. The minimum absolute atomic E-state index is 0.227. The third-order valence-corrected chi connectivity index (χ3v) is 5.44. The molecule has 1 aromatic heterocycles. The van der Waals surface area contributed by atoms with Crippen molar-refractivity contribution in [2.45, 2.75) is 33.2 Å². The molecule has 0 aliphatic carbocycles. The van der Waals surface area contributed by atoms with E-state index in [2.05, 4.69) is 52.5 Å². The largest absolute Gasteiger partial charge is 0.385 e. The van der Waals surface area contributed by atoms with Gasteiger partial charge < -0.3 is 10.6 Å². The lowest BCUT2D eigenvalue weighted by Crippen LogP contribution is -2.57. The maximum atomic E-state index is 13.5. The van der Waals surface area contributed by atoms with E-state index in [0.29, 0.717) is 11.9 Å². The molecule has 0 amide bonds. The van der Waals surface area contributed by atoms with Crippen LogP contribution in [0.1, 0.15) is 26.3 Å². The van der Waals surface area contributed by atoms with Crippen LogP contribution in [0.25, 0.3) is 5.69 Å². The standard InChI is InChI=1S/C23H28F2N6/c1-15-5-19(26-11-16-12-30(13-16)23(2,3)4)10-20(6-15)28-22-27-14-31(29-22)21-8-17(24)7-18(25)9-21/h5-10,14,16,26H,11-13H2,1-4H3,(H,28,29). The van der Waals surface area contributed by atoms with Crippen molar-refractivity contribution >= 4 is 17.3 Å². The second-order valence-electron chi connectivity index (χ2n) is 9.18. The first-order valence-electron chi connectivity index (χ1n) is 10.4. The Kier molecular flexibility index (Phi) is 5.66. The van der Waals surface area contributed by atoms with Crippen LogP contribution in [-0.4, -0.2) is 44.8 Å². The summed E-state index contributed by atoms with van der Waals surface area (Å²) in [6.45, 7) is 11.9. The van der Waals surface area contributed by atoms with Crippen LogP contribution in [0.3, 0.4) is 0 Å². The summed E-state index contributed by atoms with van der Waals surface area (Å²) in [5.74, 6) is -0.334. The summed E-state index contributed by atoms with van der Waals surface area (Å²) in [7, 11) is 0. The highest BCUT2D eigenvalue weighted by Crippen LogP contribution is 2.27. The number of anilines is 3. The van der Waals surface area contributed by atoms with Crippen LogP contribution in [0.4, 0.5) is 26.1 Å². The molecule has 1 aliphatic rings. The predicted octanol–water partition coefficient (Wildman–Crippen LogP) is 4.74. The molecule has 6 nitrogen and oxygen atoms in total. The van der Waals surface area contributed by atoms with Crippen molar-refractivity contribution < 1.29 is 8.78 Å². The van der Waals surface area contributed by atoms with E-state index in [0.717, 1.165) is 42.6 Å². The second-order valence-corrected chi connectivity index (χ2v) is 9.18. The topological polar surface area (TPSA) is 58.0 Å². The highest BCUT2D eigenvalue weighted by molar-refractivity contribution is 5.63. The Balaban J connectivity index is 1.39. The number of benzene rings is 2. The Bertz CT molecular complexity index is 1050. The van der Waals surface area contributed by atoms with Gasteiger partial charge in [0.15, 0.2) is 0 Å². The Morgan fingerprint density at radius 1 is 1.00 bits per heavy atom. The summed E-state index contributed by atoms with van der Waals surface area (Å²) in [4.78, 5) is 6.69. The van der Waals surface area contributed by atoms with Crippen LogP contribution in [0.5, 0.6) is 0 Å². The zero-order valence-corrected chi connectivity index (χ0v) is 18.3. The zero-order chi connectivity index (χ0) is 22.2. The Hall–Kier alpha value is -3.00. The molecular weight excluding hydrogens is 398 g/mol. The molecule has 0 saturated carbocycles. The van der Waals surface area contributed by atoms with Crippen molar-refractivity contribution in [3.05, 3.63) is 59.9 Å². The highest BCUT2D eigenvalue weighted by atomic mass is 19.1. The fourth-order valence-electron chi connectivity index (χ4n) is 3.71. The summed E-state index contributed by atoms with van der Waals surface area (Å²) < 4.78 is 28.3. The molecule has 1 fully saturated rings. The maximum absolute atomic E-state index is 13.5. The van der Waals surface area contributed by atoms with Crippen LogP contribution in [0, 0.1) is 24.5 Å². The molecule has 3 aromatic rings. The van der Waals surface area contributed by atoms with Crippen LogP contribution in [0.15, 0.2) is 42.7 Å². The molecule has 31 heavy (non-hydrogen) atoms. The average Bonchev–Trinajstić information content (AvgIpc) is 3.06. The molecule has 1 aliphatic heterocycles. The van der Waals surface area contributed by atoms with Gasteiger partial charge in [-0.15, -0.1) is 5.10 Å². The van der Waals surface area contributed by atoms with Gasteiger partial charge in [0.05, 0.1) is 5.69 Å². The third kappa shape index (κ3) is 5.19. The number of aromatic nitrogens is 3. The number of likely N-dealkylation sites (tertiary alicyclic amines) is 1. The Labute approximate surface area is 181 Å². The number of nitrogens with zero attached hydrogens (tertiary/aromatic N) is 4. The normalized spacial score (nSPS) is 15.0. The Morgan fingerprint density at radius 2 is 1.68 bits per heavy atom. The zero-order valence-electron chi connectivity index (χ0n) is 18.3. The van der Waals surface area contributed by atoms with Crippen molar-refractivity contribution in [3.8, 4) is 5.69 Å². The molecule has 0 radical (unpaired) electrons. The molecule has 4 rings (SSSR count). The highest BCUT2D eigenvalue weighted by Gasteiger charge is 2.33. The van der Waals surface area contributed by atoms with Crippen molar-refractivity contribution in [3.63, 3.8) is 0 Å². The molecule has 0 atom stereocenters. The van der Waals surface area contributed by atoms with E-state index in [9.17, 15) is 8.78 Å². The minimum atomic E-state index is -0.661. The van der Waals surface area contributed by atoms with E-state index >= 15 is 0 Å². The van der Waals surface area contributed by atoms with E-state index in [1.165, 1.54) is 23.1 Å². The first-order valence-corrected chi connectivity index (χ1v) is 10.4. The van der Waals surface area contributed by atoms with Crippen LogP contribution < -0.4 is 10.6 Å². The predicted molar refractivity (Wildman–Crippen MR) is 119 cm³/mol. The first kappa shape index (κ1) is 21.2. The molecule has 2 heterocycles. The lowest BCUT2D eigenvalue weighted by molar-refractivity contribution is 0.0200. The Morgan fingerprint density at radius 3 is 2.35 bits per heavy atom. The van der Waals surface area contributed by atoms with Crippen molar-refractivity contribution in [2.75, 3.05) is 30.3 Å². The van der Waals surface area contributed by atoms with E-state index in [-0.39, 0.29) is 11.2 Å². The van der Waals surface area contributed by atoms with E-state index < -0.39 is 11.6 Å². The van der Waals surface area contributed by atoms with Crippen LogP contribution >= 0.6 is 0 Å². The first-order chi connectivity index (χ1) is 14.7. The summed E-state index contributed by atoms with van der Waals surface area (Å²) in [6.07, 6.45) is 1.42. The number of hydrogen-bond donors (Lipinski definition) is 2. The molecular formula is C23H28F2N6. The molecule has 164 valence electrons. The van der Waals surface area contributed by atoms with Gasteiger partial charge in [-0.2, -0.15) is 4.98 Å². The van der Waals surface area contributed by atoms with Gasteiger partial charge >= 0.3 is 0 Å². The smallest absolute Gasteiger partial charge is 0.246 e. The van der Waals surface area contributed by atoms with Gasteiger partial charge in [0.1, 0.15) is 18.0 Å². The van der Waals surface area contributed by atoms with Gasteiger partial charge in [-0.05, 0) is 63.6 Å². The monoisotopic (exact) mass is 426 g/mol. The lowest BCUT2D eigenvalue weighted by Gasteiger charge is -2.47. The second kappa shape index (κ2) is 8.26. The molecule has 0 unspecified atom stereocenters. The molecule has 0 bridgehead atoms. The van der Waals surface area contributed by atoms with E-state index in [1.807, 2.05) is 19.1 Å². The molecule has 2 N–H and O–H groups in total. The number of halogens is 2. The molecule has 8 heteroatoms. The summed E-state index contributed by atoms with van der Waals surface area (Å²) in [5.41, 5.74) is 3.47. The summed E-state index contributed by atoms with van der Waals surface area (Å²) in [6, 6.07) is 9.35. The quantitative estimate of drug-likeness (QED) is 0.596. The van der Waals surface area contributed by atoms with Crippen molar-refractivity contribution in [1.82, 2.24) is 19.7 Å². The van der Waals surface area contributed by atoms with Crippen LogP contribution in [0.2, 0.25) is 0 Å². The van der Waals surface area contributed by atoms with E-state index in [1.54, 1.807) is 0 Å². The van der Waals surface area contributed by atoms with E-state index in [4.69, 9.17) is 0 Å². The molecule has 0 spiro atoms. The van der Waals surface area contributed by atoms with Gasteiger partial charge in [0.2, 0.25) is 5.95 Å². The fraction of sp³-hybridized carbons (Fsp3) is 0.391. The average molecular weight is 427 g/mol. The van der Waals surface area contributed by atoms with Gasteiger partial charge in [0, 0.05) is 48.5 Å². The number of hydrogen-bond acceptors (Lipinski definition) is 5. The summed E-state index contributed by atoms with van der Waals surface area (Å²) in [5, 5.41) is 11.0. The van der Waals surface area contributed by atoms with Gasteiger partial charge in [-0.1, -0.05) is 0 Å². The van der Waals surface area contributed by atoms with Crippen molar-refractivity contribution in [2.24, 2.45) is 5.92 Å². The molecule has 1 saturated heterocycles. The number of rotatable bonds is 6. The van der Waals surface area contributed by atoms with Gasteiger partial charge in [-0.25, -0.2) is 13.5 Å². The molecule has 2 aromatic carbocycles.